The minimum Gasteiger partial charge on any atom is -0.337 e. The van der Waals surface area contributed by atoms with Crippen molar-refractivity contribution < 1.29 is 0 Å². The third-order valence-corrected chi connectivity index (χ3v) is 6.95. The first-order valence-electron chi connectivity index (χ1n) is 7.19. The summed E-state index contributed by atoms with van der Waals surface area (Å²) < 4.78 is 0. The molecule has 0 aliphatic carbocycles. The van der Waals surface area contributed by atoms with Crippen LogP contribution < -0.4 is 15.6 Å². The lowest BCUT2D eigenvalue weighted by Crippen LogP contribution is -2.43. The van der Waals surface area contributed by atoms with E-state index in [2.05, 4.69) is 85.3 Å². The minimum atomic E-state index is -1.17. The highest BCUT2D eigenvalue weighted by Crippen LogP contribution is 2.32. The molecule has 2 aromatic rings. The highest BCUT2D eigenvalue weighted by atomic mass is 31.1. The Morgan fingerprint density at radius 2 is 1.25 bits per heavy atom. The van der Waals surface area contributed by atoms with E-state index in [1.807, 2.05) is 0 Å². The molecule has 1 N–H and O–H groups in total. The maximum Gasteiger partial charge on any atom is 0.116 e. The zero-order chi connectivity index (χ0) is 14.4. The van der Waals surface area contributed by atoms with Gasteiger partial charge < -0.3 is 4.98 Å². The zero-order valence-corrected chi connectivity index (χ0v) is 14.5. The molecule has 0 saturated carbocycles. The number of nitrogens with one attached hydrogen (secondary N) is 1. The molecule has 0 saturated heterocycles. The largest absolute Gasteiger partial charge is 0.337 e. The Morgan fingerprint density at radius 3 is 1.65 bits per heavy atom. The summed E-state index contributed by atoms with van der Waals surface area (Å²) >= 11 is 0. The third-order valence-electron chi connectivity index (χ3n) is 3.13. The van der Waals surface area contributed by atoms with Gasteiger partial charge in [0.05, 0.1) is 0 Å². The van der Waals surface area contributed by atoms with Crippen molar-refractivity contribution in [2.24, 2.45) is 0 Å². The van der Waals surface area contributed by atoms with Gasteiger partial charge in [-0.2, -0.15) is 0 Å². The summed E-state index contributed by atoms with van der Waals surface area (Å²) in [4.78, 5) is 3.75. The minimum absolute atomic E-state index is 0.244. The lowest BCUT2D eigenvalue weighted by atomic mass is 10.4. The highest BCUT2D eigenvalue weighted by molar-refractivity contribution is 7.73. The van der Waals surface area contributed by atoms with Crippen molar-refractivity contribution in [3.8, 4) is 0 Å². The maximum absolute atomic E-state index is 3.75. The smallest absolute Gasteiger partial charge is 0.116 e. The predicted octanol–water partition coefficient (Wildman–Crippen LogP) is 3.54. The van der Waals surface area contributed by atoms with Crippen LogP contribution in [0.2, 0.25) is 19.6 Å². The van der Waals surface area contributed by atoms with Crippen molar-refractivity contribution in [1.29, 1.82) is 0 Å². The zero-order valence-electron chi connectivity index (χ0n) is 12.6. The Morgan fingerprint density at radius 1 is 0.800 bits per heavy atom. The van der Waals surface area contributed by atoms with E-state index in [9.17, 15) is 0 Å². The van der Waals surface area contributed by atoms with E-state index in [1.165, 1.54) is 16.8 Å². The highest BCUT2D eigenvalue weighted by Gasteiger charge is 2.16. The fraction of sp³-hybridized carbons (Fsp3) is 0.294. The Balaban J connectivity index is 2.13. The number of rotatable bonds is 6. The molecule has 106 valence electrons. The molecule has 0 atom stereocenters. The van der Waals surface area contributed by atoms with Gasteiger partial charge in [-0.1, -0.05) is 80.3 Å². The fourth-order valence-electron chi connectivity index (χ4n) is 2.17. The van der Waals surface area contributed by atoms with Gasteiger partial charge >= 0.3 is 0 Å². The molecular weight excluding hydrogens is 277 g/mol. The SMILES string of the molecule is C[Si](C)(C)NCCP(c1ccccc1)c1ccccc1. The van der Waals surface area contributed by atoms with E-state index in [4.69, 9.17) is 0 Å². The molecule has 0 radical (unpaired) electrons. The van der Waals surface area contributed by atoms with Gasteiger partial charge in [0.25, 0.3) is 0 Å². The van der Waals surface area contributed by atoms with Crippen LogP contribution in [0.5, 0.6) is 0 Å². The van der Waals surface area contributed by atoms with E-state index >= 15 is 0 Å². The van der Waals surface area contributed by atoms with Crippen LogP contribution >= 0.6 is 7.92 Å². The summed E-state index contributed by atoms with van der Waals surface area (Å²) in [6, 6.07) is 21.9. The Hall–Kier alpha value is -0.953. The van der Waals surface area contributed by atoms with Crippen LogP contribution in [-0.4, -0.2) is 20.9 Å². The van der Waals surface area contributed by atoms with Crippen LogP contribution in [0.15, 0.2) is 60.7 Å². The van der Waals surface area contributed by atoms with E-state index in [0.717, 1.165) is 6.54 Å². The van der Waals surface area contributed by atoms with Crippen molar-refractivity contribution in [3.05, 3.63) is 60.7 Å². The summed E-state index contributed by atoms with van der Waals surface area (Å²) in [7, 11) is -1.41. The van der Waals surface area contributed by atoms with Crippen LogP contribution in [0.4, 0.5) is 0 Å². The van der Waals surface area contributed by atoms with Gasteiger partial charge in [-0.15, -0.1) is 0 Å². The number of hydrogen-bond acceptors (Lipinski definition) is 1. The number of hydrogen-bond donors (Lipinski definition) is 1. The topological polar surface area (TPSA) is 12.0 Å². The van der Waals surface area contributed by atoms with E-state index in [1.54, 1.807) is 0 Å². The quantitative estimate of drug-likeness (QED) is 0.635. The molecular formula is C17H24NPSi. The van der Waals surface area contributed by atoms with Gasteiger partial charge in [0.1, 0.15) is 8.24 Å². The molecule has 0 bridgehead atoms. The summed E-state index contributed by atoms with van der Waals surface area (Å²) in [5.41, 5.74) is 0. The van der Waals surface area contributed by atoms with Gasteiger partial charge in [-0.3, -0.25) is 0 Å². The first kappa shape index (κ1) is 15.4. The van der Waals surface area contributed by atoms with E-state index in [-0.39, 0.29) is 7.92 Å². The second-order valence-corrected chi connectivity index (χ2v) is 13.2. The maximum atomic E-state index is 3.75. The lowest BCUT2D eigenvalue weighted by molar-refractivity contribution is 0.974. The lowest BCUT2D eigenvalue weighted by Gasteiger charge is -2.23. The molecule has 0 amide bonds. The van der Waals surface area contributed by atoms with Crippen molar-refractivity contribution in [3.63, 3.8) is 0 Å². The van der Waals surface area contributed by atoms with Crippen LogP contribution in [0.1, 0.15) is 0 Å². The molecule has 20 heavy (non-hydrogen) atoms. The van der Waals surface area contributed by atoms with Crippen LogP contribution in [0.25, 0.3) is 0 Å². The van der Waals surface area contributed by atoms with Gasteiger partial charge in [0, 0.05) is 0 Å². The third kappa shape index (κ3) is 4.86. The predicted molar refractivity (Wildman–Crippen MR) is 95.3 cm³/mol. The van der Waals surface area contributed by atoms with Crippen molar-refractivity contribution >= 4 is 26.8 Å². The van der Waals surface area contributed by atoms with Crippen LogP contribution in [-0.2, 0) is 0 Å². The van der Waals surface area contributed by atoms with Crippen molar-refractivity contribution in [1.82, 2.24) is 4.98 Å². The average Bonchev–Trinajstić information content (AvgIpc) is 2.44. The Bertz CT molecular complexity index is 468. The first-order valence-corrected chi connectivity index (χ1v) is 12.2. The molecule has 0 spiro atoms. The monoisotopic (exact) mass is 301 g/mol. The summed E-state index contributed by atoms with van der Waals surface area (Å²) in [5.74, 6) is 0. The Labute approximate surface area is 125 Å². The van der Waals surface area contributed by atoms with Crippen molar-refractivity contribution in [2.75, 3.05) is 12.7 Å². The molecule has 3 heteroatoms. The van der Waals surface area contributed by atoms with Gasteiger partial charge in [0.2, 0.25) is 0 Å². The van der Waals surface area contributed by atoms with Gasteiger partial charge in [-0.25, -0.2) is 0 Å². The molecule has 2 rings (SSSR count). The second-order valence-electron chi connectivity index (χ2n) is 6.00. The van der Waals surface area contributed by atoms with Crippen molar-refractivity contribution in [2.45, 2.75) is 19.6 Å². The molecule has 0 heterocycles. The molecule has 0 aliphatic rings. The van der Waals surface area contributed by atoms with Gasteiger partial charge in [-0.05, 0) is 31.2 Å². The van der Waals surface area contributed by atoms with Crippen LogP contribution in [0, 0.1) is 0 Å². The van der Waals surface area contributed by atoms with Crippen LogP contribution in [0.3, 0.4) is 0 Å². The molecule has 1 nitrogen and oxygen atoms in total. The first-order chi connectivity index (χ1) is 9.56. The summed E-state index contributed by atoms with van der Waals surface area (Å²) in [6.07, 6.45) is 1.22. The molecule has 0 aromatic heterocycles. The molecule has 0 aliphatic heterocycles. The molecule has 0 unspecified atom stereocenters. The fourth-order valence-corrected chi connectivity index (χ4v) is 5.47. The standard InChI is InChI=1S/C17H24NPSi/c1-20(2,3)18-14-15-19(16-10-6-4-7-11-16)17-12-8-5-9-13-17/h4-13,18H,14-15H2,1-3H3. The van der Waals surface area contributed by atoms with E-state index < -0.39 is 8.24 Å². The van der Waals surface area contributed by atoms with Gasteiger partial charge in [0.15, 0.2) is 0 Å². The number of benzene rings is 2. The molecule has 2 aromatic carbocycles. The van der Waals surface area contributed by atoms with E-state index in [0.29, 0.717) is 0 Å². The summed E-state index contributed by atoms with van der Waals surface area (Å²) in [6.45, 7) is 8.20. The second kappa shape index (κ2) is 7.17. The normalized spacial score (nSPS) is 11.8. The average molecular weight is 301 g/mol. The Kier molecular flexibility index (Phi) is 5.53. The summed E-state index contributed by atoms with van der Waals surface area (Å²) in [5, 5.41) is 2.96. The molecule has 0 fully saturated rings.